The van der Waals surface area contributed by atoms with E-state index in [1.165, 1.54) is 53.6 Å². The minimum atomic E-state index is 0.506. The monoisotopic (exact) mass is 379 g/mol. The van der Waals surface area contributed by atoms with Crippen molar-refractivity contribution in [1.29, 1.82) is 5.41 Å². The van der Waals surface area contributed by atoms with Gasteiger partial charge in [0.15, 0.2) is 0 Å². The lowest BCUT2D eigenvalue weighted by Gasteiger charge is -2.20. The zero-order chi connectivity index (χ0) is 19.0. The Morgan fingerprint density at radius 3 is 2.89 bits per heavy atom. The summed E-state index contributed by atoms with van der Waals surface area (Å²) in [5.41, 5.74) is 4.45. The lowest BCUT2D eigenvalue weighted by Crippen LogP contribution is -2.11. The van der Waals surface area contributed by atoms with Crippen LogP contribution in [0.4, 0.5) is 0 Å². The lowest BCUT2D eigenvalue weighted by atomic mass is 9.87. The smallest absolute Gasteiger partial charge is 0.0963 e. The van der Waals surface area contributed by atoms with Crippen molar-refractivity contribution in [1.82, 2.24) is 9.55 Å². The van der Waals surface area contributed by atoms with Gasteiger partial charge in [-0.05, 0) is 62.6 Å². The van der Waals surface area contributed by atoms with Gasteiger partial charge in [0.1, 0.15) is 0 Å². The summed E-state index contributed by atoms with van der Waals surface area (Å²) in [6.07, 6.45) is 8.23. The third-order valence-electron chi connectivity index (χ3n) is 6.43. The largest absolute Gasteiger partial charge is 0.351 e. The molecule has 0 bridgehead atoms. The van der Waals surface area contributed by atoms with Crippen molar-refractivity contribution in [2.75, 3.05) is 0 Å². The zero-order valence-electron chi connectivity index (χ0n) is 16.5. The van der Waals surface area contributed by atoms with E-state index in [2.05, 4.69) is 54.4 Å². The molecule has 1 aliphatic carbocycles. The van der Waals surface area contributed by atoms with E-state index in [9.17, 15) is 0 Å². The predicted molar refractivity (Wildman–Crippen MR) is 116 cm³/mol. The van der Waals surface area contributed by atoms with E-state index in [4.69, 9.17) is 10.4 Å². The molecule has 3 aromatic rings. The molecule has 0 radical (unpaired) electrons. The third-order valence-corrected chi connectivity index (χ3v) is 7.47. The first-order valence-electron chi connectivity index (χ1n) is 10.1. The van der Waals surface area contributed by atoms with Crippen LogP contribution >= 0.6 is 11.3 Å². The van der Waals surface area contributed by atoms with Crippen molar-refractivity contribution in [2.24, 2.45) is 18.9 Å². The molecular weight excluding hydrogens is 350 g/mol. The highest BCUT2D eigenvalue weighted by Gasteiger charge is 2.26. The summed E-state index contributed by atoms with van der Waals surface area (Å²) >= 11 is 1.81. The van der Waals surface area contributed by atoms with E-state index >= 15 is 0 Å². The zero-order valence-corrected chi connectivity index (χ0v) is 17.4. The second-order valence-corrected chi connectivity index (χ2v) is 9.10. The van der Waals surface area contributed by atoms with Gasteiger partial charge in [-0.15, -0.1) is 11.3 Å². The molecule has 1 aromatic carbocycles. The molecule has 3 unspecified atom stereocenters. The number of fused-ring (bicyclic) bond motifs is 1. The molecule has 1 fully saturated rings. The van der Waals surface area contributed by atoms with Crippen molar-refractivity contribution in [3.8, 4) is 11.3 Å². The summed E-state index contributed by atoms with van der Waals surface area (Å²) in [7, 11) is 2.09. The van der Waals surface area contributed by atoms with E-state index in [0.29, 0.717) is 17.8 Å². The molecule has 2 aromatic heterocycles. The Kier molecular flexibility index (Phi) is 5.18. The first-order valence-corrected chi connectivity index (χ1v) is 11.0. The molecule has 3 nitrogen and oxygen atoms in total. The normalized spacial score (nSPS) is 21.9. The van der Waals surface area contributed by atoms with E-state index in [0.717, 1.165) is 11.4 Å². The van der Waals surface area contributed by atoms with Gasteiger partial charge < -0.3 is 9.98 Å². The van der Waals surface area contributed by atoms with Crippen LogP contribution in [0.15, 0.2) is 35.8 Å². The topological polar surface area (TPSA) is 41.7 Å². The molecule has 0 saturated heterocycles. The van der Waals surface area contributed by atoms with Crippen LogP contribution in [0, 0.1) is 17.2 Å². The van der Waals surface area contributed by atoms with Gasteiger partial charge in [-0.25, -0.2) is 4.98 Å². The average molecular weight is 380 g/mol. The number of rotatable bonds is 4. The molecule has 0 aliphatic heterocycles. The number of nitrogens with zero attached hydrogens (tertiary/aromatic N) is 2. The summed E-state index contributed by atoms with van der Waals surface area (Å²) in [6.45, 7) is 4.33. The van der Waals surface area contributed by atoms with Crippen LogP contribution in [-0.4, -0.2) is 15.3 Å². The van der Waals surface area contributed by atoms with Crippen LogP contribution in [0.1, 0.15) is 56.9 Å². The van der Waals surface area contributed by atoms with Gasteiger partial charge in [-0.1, -0.05) is 19.4 Å². The highest BCUT2D eigenvalue weighted by Crippen LogP contribution is 2.39. The Morgan fingerprint density at radius 1 is 1.22 bits per heavy atom. The summed E-state index contributed by atoms with van der Waals surface area (Å²) in [5, 5.41) is 12.7. The maximum Gasteiger partial charge on any atom is 0.0963 e. The summed E-state index contributed by atoms with van der Waals surface area (Å²) in [5.74, 6) is 1.71. The predicted octanol–water partition coefficient (Wildman–Crippen LogP) is 6.64. The molecule has 142 valence electrons. The maximum atomic E-state index is 7.97. The molecule has 1 aliphatic rings. The van der Waals surface area contributed by atoms with Crippen molar-refractivity contribution in [3.05, 3.63) is 40.8 Å². The highest BCUT2D eigenvalue weighted by molar-refractivity contribution is 7.10. The van der Waals surface area contributed by atoms with Gasteiger partial charge in [0.25, 0.3) is 0 Å². The number of aryl methyl sites for hydroxylation is 1. The molecule has 1 N–H and O–H groups in total. The molecule has 0 amide bonds. The first-order chi connectivity index (χ1) is 13.0. The maximum absolute atomic E-state index is 7.97. The van der Waals surface area contributed by atoms with E-state index in [1.54, 1.807) is 0 Å². The molecular formula is C23H29N3S. The number of benzene rings is 1. The van der Waals surface area contributed by atoms with Crippen LogP contribution in [0.2, 0.25) is 0 Å². The van der Waals surface area contributed by atoms with Gasteiger partial charge >= 0.3 is 0 Å². The Hall–Kier alpha value is -1.94. The Morgan fingerprint density at radius 2 is 2.07 bits per heavy atom. The fourth-order valence-corrected chi connectivity index (χ4v) is 5.51. The lowest BCUT2D eigenvalue weighted by molar-refractivity contribution is 0.391. The van der Waals surface area contributed by atoms with Crippen LogP contribution < -0.4 is 0 Å². The number of hydrogen-bond acceptors (Lipinski definition) is 3. The van der Waals surface area contributed by atoms with E-state index < -0.39 is 0 Å². The fraction of sp³-hybridized carbons (Fsp3) is 0.478. The van der Waals surface area contributed by atoms with Gasteiger partial charge in [-0.2, -0.15) is 0 Å². The summed E-state index contributed by atoms with van der Waals surface area (Å²) < 4.78 is 2.16. The van der Waals surface area contributed by atoms with Crippen LogP contribution in [-0.2, 0) is 7.05 Å². The Balaban J connectivity index is 1.51. The van der Waals surface area contributed by atoms with Crippen LogP contribution in [0.25, 0.3) is 22.2 Å². The van der Waals surface area contributed by atoms with Crippen molar-refractivity contribution < 1.29 is 0 Å². The van der Waals surface area contributed by atoms with Crippen molar-refractivity contribution in [3.63, 3.8) is 0 Å². The molecule has 2 heterocycles. The van der Waals surface area contributed by atoms with Gasteiger partial charge in [0.05, 0.1) is 10.7 Å². The van der Waals surface area contributed by atoms with Crippen molar-refractivity contribution >= 4 is 28.0 Å². The Labute approximate surface area is 166 Å². The molecule has 0 spiro atoms. The minimum absolute atomic E-state index is 0.506. The van der Waals surface area contributed by atoms with Crippen LogP contribution in [0.5, 0.6) is 0 Å². The SMILES string of the molecule is CC(=N)C1CCCC(C(C)c2nc(-c3ccc4c(ccn4C)c3)cs2)CC1. The number of hydrogen-bond donors (Lipinski definition) is 1. The van der Waals surface area contributed by atoms with E-state index in [-0.39, 0.29) is 0 Å². The molecule has 27 heavy (non-hydrogen) atoms. The highest BCUT2D eigenvalue weighted by atomic mass is 32.1. The Bertz CT molecular complexity index is 952. The van der Waals surface area contributed by atoms with E-state index in [1.807, 2.05) is 18.3 Å². The summed E-state index contributed by atoms with van der Waals surface area (Å²) in [6, 6.07) is 8.80. The summed E-state index contributed by atoms with van der Waals surface area (Å²) in [4.78, 5) is 5.02. The number of nitrogens with one attached hydrogen (secondary N) is 1. The van der Waals surface area contributed by atoms with Crippen molar-refractivity contribution in [2.45, 2.75) is 51.9 Å². The minimum Gasteiger partial charge on any atom is -0.351 e. The quantitative estimate of drug-likeness (QED) is 0.400. The fourth-order valence-electron chi connectivity index (χ4n) is 4.54. The molecule has 4 heteroatoms. The van der Waals surface area contributed by atoms with Gasteiger partial charge in [0.2, 0.25) is 0 Å². The average Bonchev–Trinajstić information content (AvgIpc) is 3.21. The second-order valence-electron chi connectivity index (χ2n) is 8.21. The first kappa shape index (κ1) is 18.4. The van der Waals surface area contributed by atoms with Crippen LogP contribution in [0.3, 0.4) is 0 Å². The van der Waals surface area contributed by atoms with Gasteiger partial charge in [-0.3, -0.25) is 0 Å². The third kappa shape index (κ3) is 3.73. The second kappa shape index (κ2) is 7.59. The van der Waals surface area contributed by atoms with Gasteiger partial charge in [0, 0.05) is 46.7 Å². The molecule has 1 saturated carbocycles. The number of aromatic nitrogens is 2. The molecule has 3 atom stereocenters. The molecule has 4 rings (SSSR count). The standard InChI is InChI=1S/C23H29N3S/c1-15(17-5-4-6-18(8-7-17)16(2)24)23-25-21(14-27-23)19-9-10-22-20(13-19)11-12-26(22)3/h9-15,17-18,24H,4-8H2,1-3H3. The number of thiazole rings is 1.